The fraction of sp³-hybridized carbons (Fsp3) is 0.321. The zero-order chi connectivity index (χ0) is 24.4. The third kappa shape index (κ3) is 3.05. The van der Waals surface area contributed by atoms with Gasteiger partial charge in [-0.05, 0) is 69.0 Å². The number of rotatable bonds is 3. The largest absolute Gasteiger partial charge is 0.378 e. The molecular weight excluding hydrogens is 438 g/mol. The summed E-state index contributed by atoms with van der Waals surface area (Å²) < 4.78 is 6.83. The molecule has 0 unspecified atom stereocenters. The van der Waals surface area contributed by atoms with Gasteiger partial charge in [-0.25, -0.2) is 0 Å². The molecule has 6 heteroatoms. The molecule has 0 fully saturated rings. The number of nitrogens with zero attached hydrogens (tertiary/aromatic N) is 2. The highest BCUT2D eigenvalue weighted by atomic mass is 28.3. The summed E-state index contributed by atoms with van der Waals surface area (Å²) in [5.41, 5.74) is 7.11. The molecule has 0 atom stereocenters. The van der Waals surface area contributed by atoms with Crippen LogP contribution in [0.4, 0.5) is 11.4 Å². The number of nitrogens with one attached hydrogen (secondary N) is 1. The molecule has 0 radical (unpaired) electrons. The minimum atomic E-state index is -2.03. The van der Waals surface area contributed by atoms with Crippen molar-refractivity contribution in [1.29, 1.82) is 0 Å². The van der Waals surface area contributed by atoms with E-state index in [1.165, 1.54) is 32.9 Å². The van der Waals surface area contributed by atoms with Crippen molar-refractivity contribution >= 4 is 35.7 Å². The SMILES string of the molecule is CNC(=O)c1ccc2c(c1)COC21c2ccc(N(C)C)cc2[Si](C)(C)c2cc(N(C)C)ccc21. The first-order valence-corrected chi connectivity index (χ1v) is 14.8. The lowest BCUT2D eigenvalue weighted by atomic mass is 9.78. The number of ether oxygens (including phenoxy) is 1. The highest BCUT2D eigenvalue weighted by molar-refractivity contribution is 7.01. The number of hydrogen-bond donors (Lipinski definition) is 1. The summed E-state index contributed by atoms with van der Waals surface area (Å²) in [6.07, 6.45) is 0. The van der Waals surface area contributed by atoms with Crippen molar-refractivity contribution in [2.45, 2.75) is 25.3 Å². The van der Waals surface area contributed by atoms with Gasteiger partial charge in [0, 0.05) is 52.2 Å². The molecule has 3 aromatic rings. The van der Waals surface area contributed by atoms with Crippen LogP contribution in [0.25, 0.3) is 0 Å². The van der Waals surface area contributed by atoms with E-state index in [0.29, 0.717) is 12.2 Å². The Morgan fingerprint density at radius 2 is 1.38 bits per heavy atom. The lowest BCUT2D eigenvalue weighted by Crippen LogP contribution is -2.63. The van der Waals surface area contributed by atoms with Gasteiger partial charge in [-0.1, -0.05) is 31.3 Å². The molecule has 0 saturated carbocycles. The van der Waals surface area contributed by atoms with Crippen LogP contribution in [0.3, 0.4) is 0 Å². The van der Waals surface area contributed by atoms with Crippen molar-refractivity contribution in [1.82, 2.24) is 5.32 Å². The van der Waals surface area contributed by atoms with Crippen molar-refractivity contribution in [2.24, 2.45) is 0 Å². The van der Waals surface area contributed by atoms with Crippen LogP contribution in [0.2, 0.25) is 13.1 Å². The van der Waals surface area contributed by atoms with E-state index in [4.69, 9.17) is 4.74 Å². The second-order valence-electron chi connectivity index (χ2n) is 10.3. The van der Waals surface area contributed by atoms with E-state index in [1.807, 2.05) is 12.1 Å². The second-order valence-corrected chi connectivity index (χ2v) is 14.6. The van der Waals surface area contributed by atoms with Gasteiger partial charge in [0.15, 0.2) is 0 Å². The Hall–Kier alpha value is -3.09. The first-order valence-electron chi connectivity index (χ1n) is 11.8. The number of anilines is 2. The fourth-order valence-corrected chi connectivity index (χ4v) is 8.78. The molecule has 5 rings (SSSR count). The number of carbonyl (C=O) groups is 1. The number of carbonyl (C=O) groups excluding carboxylic acids is 1. The molecule has 176 valence electrons. The van der Waals surface area contributed by atoms with E-state index < -0.39 is 13.7 Å². The molecule has 0 saturated heterocycles. The Kier molecular flexibility index (Phi) is 5.15. The zero-order valence-electron chi connectivity index (χ0n) is 21.1. The first-order chi connectivity index (χ1) is 16.1. The molecule has 1 amide bonds. The molecule has 2 aliphatic rings. The highest BCUT2D eigenvalue weighted by Gasteiger charge is 2.53. The average Bonchev–Trinajstić information content (AvgIpc) is 3.21. The van der Waals surface area contributed by atoms with Crippen LogP contribution < -0.4 is 25.5 Å². The highest BCUT2D eigenvalue weighted by Crippen LogP contribution is 2.49. The van der Waals surface area contributed by atoms with Gasteiger partial charge in [-0.3, -0.25) is 4.79 Å². The monoisotopic (exact) mass is 471 g/mol. The minimum absolute atomic E-state index is 0.0759. The summed E-state index contributed by atoms with van der Waals surface area (Å²) in [5.74, 6) is -0.0759. The van der Waals surface area contributed by atoms with E-state index in [0.717, 1.165) is 11.1 Å². The Morgan fingerprint density at radius 3 is 1.88 bits per heavy atom. The van der Waals surface area contributed by atoms with Crippen LogP contribution in [0, 0.1) is 0 Å². The van der Waals surface area contributed by atoms with Gasteiger partial charge in [0.2, 0.25) is 0 Å². The average molecular weight is 472 g/mol. The summed E-state index contributed by atoms with van der Waals surface area (Å²) in [6.45, 7) is 5.37. The van der Waals surface area contributed by atoms with Gasteiger partial charge in [0.1, 0.15) is 13.7 Å². The lowest BCUT2D eigenvalue weighted by molar-refractivity contribution is 0.0276. The van der Waals surface area contributed by atoms with Crippen LogP contribution in [0.5, 0.6) is 0 Å². The topological polar surface area (TPSA) is 44.8 Å². The van der Waals surface area contributed by atoms with Crippen molar-refractivity contribution in [3.8, 4) is 0 Å². The minimum Gasteiger partial charge on any atom is -0.378 e. The Labute approximate surface area is 203 Å². The number of fused-ring (bicyclic) bond motifs is 6. The molecule has 3 aromatic carbocycles. The quantitative estimate of drug-likeness (QED) is 0.596. The first kappa shape index (κ1) is 22.7. The van der Waals surface area contributed by atoms with Gasteiger partial charge in [-0.2, -0.15) is 0 Å². The fourth-order valence-electron chi connectivity index (χ4n) is 5.61. The maximum absolute atomic E-state index is 12.3. The molecule has 34 heavy (non-hydrogen) atoms. The van der Waals surface area contributed by atoms with Crippen molar-refractivity contribution in [2.75, 3.05) is 45.0 Å². The van der Waals surface area contributed by atoms with E-state index >= 15 is 0 Å². The van der Waals surface area contributed by atoms with Crippen molar-refractivity contribution in [3.63, 3.8) is 0 Å². The third-order valence-corrected chi connectivity index (χ3v) is 11.1. The summed E-state index contributed by atoms with van der Waals surface area (Å²) in [5, 5.41) is 5.55. The lowest BCUT2D eigenvalue weighted by Gasteiger charge is -2.45. The Bertz CT molecular complexity index is 1250. The van der Waals surface area contributed by atoms with Gasteiger partial charge in [0.25, 0.3) is 5.91 Å². The predicted molar refractivity (Wildman–Crippen MR) is 143 cm³/mol. The van der Waals surface area contributed by atoms with Gasteiger partial charge < -0.3 is 19.9 Å². The Balaban J connectivity index is 1.83. The van der Waals surface area contributed by atoms with Crippen LogP contribution >= 0.6 is 0 Å². The standard InChI is InChI=1S/C28H33N3O2Si/c1-29-27(32)18-8-11-22-19(14-18)17-33-28(22)23-12-9-20(30(2)3)15-25(23)34(6,7)26-16-21(31(4)5)10-13-24(26)28/h8-16H,17H2,1-7H3,(H,29,32). The maximum Gasteiger partial charge on any atom is 0.251 e. The second kappa shape index (κ2) is 7.72. The van der Waals surface area contributed by atoms with Crippen molar-refractivity contribution in [3.05, 3.63) is 82.4 Å². The van der Waals surface area contributed by atoms with Crippen LogP contribution in [-0.2, 0) is 16.9 Å². The van der Waals surface area contributed by atoms with Crippen LogP contribution in [0.15, 0.2) is 54.6 Å². The molecule has 5 nitrogen and oxygen atoms in total. The normalized spacial score (nSPS) is 16.4. The third-order valence-electron chi connectivity index (χ3n) is 7.56. The van der Waals surface area contributed by atoms with Gasteiger partial charge in [-0.15, -0.1) is 0 Å². The molecule has 1 spiro atoms. The zero-order valence-corrected chi connectivity index (χ0v) is 22.1. The van der Waals surface area contributed by atoms with E-state index in [9.17, 15) is 4.79 Å². The molecular formula is C28H33N3O2Si. The van der Waals surface area contributed by atoms with E-state index in [-0.39, 0.29) is 5.91 Å². The summed E-state index contributed by atoms with van der Waals surface area (Å²) in [7, 11) is 8.00. The summed E-state index contributed by atoms with van der Waals surface area (Å²) >= 11 is 0. The number of benzene rings is 3. The summed E-state index contributed by atoms with van der Waals surface area (Å²) in [6, 6.07) is 19.7. The van der Waals surface area contributed by atoms with Crippen LogP contribution in [-0.4, -0.2) is 49.2 Å². The number of hydrogen-bond acceptors (Lipinski definition) is 4. The Morgan fingerprint density at radius 1 is 0.853 bits per heavy atom. The molecule has 0 bridgehead atoms. The molecule has 1 N–H and O–H groups in total. The predicted octanol–water partition coefficient (Wildman–Crippen LogP) is 3.14. The maximum atomic E-state index is 12.3. The molecule has 2 aliphatic heterocycles. The van der Waals surface area contributed by atoms with Crippen LogP contribution in [0.1, 0.15) is 32.6 Å². The van der Waals surface area contributed by atoms with Gasteiger partial charge in [0.05, 0.1) is 6.61 Å². The number of amides is 1. The van der Waals surface area contributed by atoms with Gasteiger partial charge >= 0.3 is 0 Å². The molecule has 0 aliphatic carbocycles. The van der Waals surface area contributed by atoms with E-state index in [1.54, 1.807) is 7.05 Å². The van der Waals surface area contributed by atoms with E-state index in [2.05, 4.69) is 98.9 Å². The summed E-state index contributed by atoms with van der Waals surface area (Å²) in [4.78, 5) is 16.6. The molecule has 2 heterocycles. The molecule has 0 aromatic heterocycles. The van der Waals surface area contributed by atoms with Crippen molar-refractivity contribution < 1.29 is 9.53 Å². The smallest absolute Gasteiger partial charge is 0.251 e.